The largest absolute Gasteiger partial charge is 0.492 e. The van der Waals surface area contributed by atoms with Crippen LogP contribution in [-0.2, 0) is 13.1 Å². The van der Waals surface area contributed by atoms with Crippen molar-refractivity contribution in [1.82, 2.24) is 15.5 Å². The fourth-order valence-electron chi connectivity index (χ4n) is 2.37. The molecule has 2 aromatic rings. The summed E-state index contributed by atoms with van der Waals surface area (Å²) in [6, 6.07) is 12.4. The van der Waals surface area contributed by atoms with E-state index in [1.54, 1.807) is 11.3 Å². The summed E-state index contributed by atoms with van der Waals surface area (Å²) < 4.78 is 5.92. The van der Waals surface area contributed by atoms with Crippen LogP contribution in [0.1, 0.15) is 22.2 Å². The Morgan fingerprint density at radius 2 is 1.96 bits per heavy atom. The van der Waals surface area contributed by atoms with E-state index in [1.807, 2.05) is 32.3 Å². The van der Waals surface area contributed by atoms with E-state index in [4.69, 9.17) is 9.73 Å². The van der Waals surface area contributed by atoms with Crippen molar-refractivity contribution in [2.75, 3.05) is 33.8 Å². The van der Waals surface area contributed by atoms with Gasteiger partial charge in [-0.3, -0.25) is 0 Å². The van der Waals surface area contributed by atoms with Gasteiger partial charge in [-0.05, 0) is 46.1 Å². The van der Waals surface area contributed by atoms with Crippen LogP contribution in [0.4, 0.5) is 0 Å². The van der Waals surface area contributed by atoms with Gasteiger partial charge >= 0.3 is 0 Å². The number of nitrogens with zero attached hydrogens (tertiary/aromatic N) is 2. The fourth-order valence-corrected chi connectivity index (χ4v) is 3.20. The maximum absolute atomic E-state index is 5.92. The molecule has 0 aliphatic heterocycles. The number of hydrogen-bond donors (Lipinski definition) is 2. The number of ether oxygens (including phenoxy) is 1. The average Bonchev–Trinajstić information content (AvgIpc) is 3.03. The number of rotatable bonds is 9. The zero-order valence-corrected chi connectivity index (χ0v) is 17.0. The zero-order chi connectivity index (χ0) is 18.8. The van der Waals surface area contributed by atoms with E-state index in [-0.39, 0.29) is 0 Å². The summed E-state index contributed by atoms with van der Waals surface area (Å²) in [5.41, 5.74) is 1.09. The first-order chi connectivity index (χ1) is 12.6. The van der Waals surface area contributed by atoms with Gasteiger partial charge in [0.05, 0.1) is 13.1 Å². The van der Waals surface area contributed by atoms with E-state index in [2.05, 4.69) is 47.6 Å². The van der Waals surface area contributed by atoms with Crippen molar-refractivity contribution < 1.29 is 4.74 Å². The van der Waals surface area contributed by atoms with Crippen molar-refractivity contribution in [3.05, 3.63) is 51.7 Å². The fraction of sp³-hybridized carbons (Fsp3) is 0.450. The smallest absolute Gasteiger partial charge is 0.191 e. The van der Waals surface area contributed by atoms with Crippen LogP contribution in [0.15, 0.2) is 41.4 Å². The van der Waals surface area contributed by atoms with Crippen LogP contribution in [0.3, 0.4) is 0 Å². The zero-order valence-electron chi connectivity index (χ0n) is 16.2. The summed E-state index contributed by atoms with van der Waals surface area (Å²) >= 11 is 1.81. The summed E-state index contributed by atoms with van der Waals surface area (Å²) in [5.74, 6) is 1.73. The molecule has 0 bridgehead atoms. The number of guanidine groups is 1. The van der Waals surface area contributed by atoms with Crippen LogP contribution in [0.2, 0.25) is 0 Å². The Morgan fingerprint density at radius 3 is 2.65 bits per heavy atom. The van der Waals surface area contributed by atoms with Gasteiger partial charge in [0, 0.05) is 28.4 Å². The van der Waals surface area contributed by atoms with Gasteiger partial charge in [-0.15, -0.1) is 11.3 Å². The standard InChI is InChI=1S/C20H30N4OS/c1-5-21-20(23-15-18-11-10-16(2)26-18)22-14-17-8-6-7-9-19(17)25-13-12-24(3)4/h6-11H,5,12-15H2,1-4H3,(H2,21,22,23). The lowest BCUT2D eigenvalue weighted by Gasteiger charge is -2.14. The van der Waals surface area contributed by atoms with Gasteiger partial charge in [0.1, 0.15) is 12.4 Å². The van der Waals surface area contributed by atoms with Crippen LogP contribution >= 0.6 is 11.3 Å². The Morgan fingerprint density at radius 1 is 1.15 bits per heavy atom. The third kappa shape index (κ3) is 7.06. The SMILES string of the molecule is CCNC(=NCc1ccccc1OCCN(C)C)NCc1ccc(C)s1. The minimum atomic E-state index is 0.580. The van der Waals surface area contributed by atoms with Gasteiger partial charge in [-0.1, -0.05) is 18.2 Å². The molecule has 2 rings (SSSR count). The highest BCUT2D eigenvalue weighted by molar-refractivity contribution is 7.11. The molecule has 0 fully saturated rings. The molecule has 0 saturated carbocycles. The molecule has 0 aliphatic rings. The molecule has 0 atom stereocenters. The highest BCUT2D eigenvalue weighted by Gasteiger charge is 2.05. The lowest BCUT2D eigenvalue weighted by Crippen LogP contribution is -2.36. The molecule has 0 radical (unpaired) electrons. The quantitative estimate of drug-likeness (QED) is 0.522. The second-order valence-corrected chi connectivity index (χ2v) is 7.69. The topological polar surface area (TPSA) is 48.9 Å². The highest BCUT2D eigenvalue weighted by atomic mass is 32.1. The van der Waals surface area contributed by atoms with Gasteiger partial charge in [0.2, 0.25) is 0 Å². The third-order valence-corrected chi connectivity index (χ3v) is 4.75. The minimum absolute atomic E-state index is 0.580. The second kappa shape index (κ2) is 10.8. The van der Waals surface area contributed by atoms with Crippen LogP contribution in [0.25, 0.3) is 0 Å². The Hall–Kier alpha value is -2.05. The number of likely N-dealkylation sites (N-methyl/N-ethyl adjacent to an activating group) is 1. The molecule has 5 nitrogen and oxygen atoms in total. The van der Waals surface area contributed by atoms with Gasteiger partial charge in [-0.2, -0.15) is 0 Å². The maximum atomic E-state index is 5.92. The number of thiophene rings is 1. The summed E-state index contributed by atoms with van der Waals surface area (Å²) in [7, 11) is 4.09. The van der Waals surface area contributed by atoms with Crippen LogP contribution in [0.5, 0.6) is 5.75 Å². The van der Waals surface area contributed by atoms with Gasteiger partial charge < -0.3 is 20.3 Å². The molecule has 0 saturated heterocycles. The van der Waals surface area contributed by atoms with Crippen molar-refractivity contribution in [3.8, 4) is 5.75 Å². The molecule has 1 aromatic carbocycles. The van der Waals surface area contributed by atoms with Gasteiger partial charge in [-0.25, -0.2) is 4.99 Å². The molecule has 2 N–H and O–H groups in total. The predicted octanol–water partition coefficient (Wildman–Crippen LogP) is 3.25. The van der Waals surface area contributed by atoms with Crippen molar-refractivity contribution in [1.29, 1.82) is 0 Å². The molecular weight excluding hydrogens is 344 g/mol. The van der Waals surface area contributed by atoms with Crippen molar-refractivity contribution in [3.63, 3.8) is 0 Å². The summed E-state index contributed by atoms with van der Waals surface area (Å²) in [6.07, 6.45) is 0. The van der Waals surface area contributed by atoms with E-state index in [1.165, 1.54) is 9.75 Å². The van der Waals surface area contributed by atoms with E-state index in [0.29, 0.717) is 13.2 Å². The first kappa shape index (κ1) is 20.3. The third-order valence-electron chi connectivity index (χ3n) is 3.75. The molecule has 1 aromatic heterocycles. The van der Waals surface area contributed by atoms with Crippen molar-refractivity contribution >= 4 is 17.3 Å². The summed E-state index contributed by atoms with van der Waals surface area (Å²) in [5, 5.41) is 6.70. The van der Waals surface area contributed by atoms with Crippen LogP contribution in [-0.4, -0.2) is 44.7 Å². The second-order valence-electron chi connectivity index (χ2n) is 6.32. The number of aryl methyl sites for hydroxylation is 1. The summed E-state index contributed by atoms with van der Waals surface area (Å²) in [6.45, 7) is 7.95. The first-order valence-electron chi connectivity index (χ1n) is 9.01. The van der Waals surface area contributed by atoms with Gasteiger partial charge in [0.25, 0.3) is 0 Å². The molecule has 0 amide bonds. The number of hydrogen-bond acceptors (Lipinski definition) is 4. The first-order valence-corrected chi connectivity index (χ1v) is 9.83. The monoisotopic (exact) mass is 374 g/mol. The Balaban J connectivity index is 1.97. The molecule has 1 heterocycles. The highest BCUT2D eigenvalue weighted by Crippen LogP contribution is 2.19. The molecule has 6 heteroatoms. The van der Waals surface area contributed by atoms with E-state index >= 15 is 0 Å². The van der Waals surface area contributed by atoms with Gasteiger partial charge in [0.15, 0.2) is 5.96 Å². The number of nitrogens with one attached hydrogen (secondary N) is 2. The van der Waals surface area contributed by atoms with Crippen LogP contribution in [0, 0.1) is 6.92 Å². The Kier molecular flexibility index (Phi) is 8.44. The molecule has 142 valence electrons. The van der Waals surface area contributed by atoms with E-state index in [9.17, 15) is 0 Å². The van der Waals surface area contributed by atoms with E-state index < -0.39 is 0 Å². The molecule has 26 heavy (non-hydrogen) atoms. The number of benzene rings is 1. The number of para-hydroxylation sites is 1. The average molecular weight is 375 g/mol. The lowest BCUT2D eigenvalue weighted by atomic mass is 10.2. The lowest BCUT2D eigenvalue weighted by molar-refractivity contribution is 0.259. The molecule has 0 unspecified atom stereocenters. The van der Waals surface area contributed by atoms with Crippen molar-refractivity contribution in [2.24, 2.45) is 4.99 Å². The Labute approximate surface area is 161 Å². The number of aliphatic imine (C=N–C) groups is 1. The molecule has 0 aliphatic carbocycles. The molecule has 0 spiro atoms. The van der Waals surface area contributed by atoms with Crippen molar-refractivity contribution in [2.45, 2.75) is 26.9 Å². The van der Waals surface area contributed by atoms with Crippen LogP contribution < -0.4 is 15.4 Å². The normalized spacial score (nSPS) is 11.7. The predicted molar refractivity (Wildman–Crippen MR) is 111 cm³/mol. The summed E-state index contributed by atoms with van der Waals surface area (Å²) in [4.78, 5) is 9.46. The van der Waals surface area contributed by atoms with E-state index in [0.717, 1.165) is 36.9 Å². The molecular formula is C20H30N4OS. The minimum Gasteiger partial charge on any atom is -0.492 e. The Bertz CT molecular complexity index is 697. The maximum Gasteiger partial charge on any atom is 0.191 e.